The first-order valence-corrected chi connectivity index (χ1v) is 7.13. The van der Waals surface area contributed by atoms with Gasteiger partial charge in [0.15, 0.2) is 9.84 Å². The van der Waals surface area contributed by atoms with Gasteiger partial charge >= 0.3 is 0 Å². The second-order valence-corrected chi connectivity index (χ2v) is 6.18. The fraction of sp³-hybridized carbons (Fsp3) is 1.00. The van der Waals surface area contributed by atoms with Gasteiger partial charge in [0.1, 0.15) is 0 Å². The molecule has 1 aliphatic rings. The Bertz CT molecular complexity index is 225. The van der Waals surface area contributed by atoms with Crippen molar-refractivity contribution in [1.82, 2.24) is 4.90 Å². The van der Waals surface area contributed by atoms with Gasteiger partial charge in [-0.05, 0) is 25.1 Å². The topological polar surface area (TPSA) is 37.4 Å². The predicted molar refractivity (Wildman–Crippen MR) is 58.2 cm³/mol. The van der Waals surface area contributed by atoms with Crippen molar-refractivity contribution in [2.75, 3.05) is 36.9 Å². The maximum atomic E-state index is 11.1. The summed E-state index contributed by atoms with van der Waals surface area (Å²) in [5.41, 5.74) is 0. The molecule has 0 aromatic heterocycles. The lowest BCUT2D eigenvalue weighted by Gasteiger charge is -2.26. The molecule has 13 heavy (non-hydrogen) atoms. The van der Waals surface area contributed by atoms with E-state index in [9.17, 15) is 8.42 Å². The van der Waals surface area contributed by atoms with Crippen LogP contribution in [0, 0.1) is 0 Å². The average molecular weight is 223 g/mol. The van der Waals surface area contributed by atoms with Crippen molar-refractivity contribution in [2.45, 2.75) is 12.8 Å². The van der Waals surface area contributed by atoms with Crippen LogP contribution in [-0.4, -0.2) is 50.2 Å². The van der Waals surface area contributed by atoms with E-state index < -0.39 is 9.84 Å². The Morgan fingerprint density at radius 3 is 2.31 bits per heavy atom. The third-order valence-corrected chi connectivity index (χ3v) is 4.24. The molecule has 1 heterocycles. The second kappa shape index (κ2) is 5.22. The third-order valence-electron chi connectivity index (χ3n) is 2.32. The summed E-state index contributed by atoms with van der Waals surface area (Å²) in [7, 11) is -2.70. The van der Waals surface area contributed by atoms with Gasteiger partial charge < -0.3 is 4.90 Å². The number of nitrogens with zero attached hydrogens (tertiary/aromatic N) is 1. The lowest BCUT2D eigenvalue weighted by molar-refractivity contribution is 0.291. The van der Waals surface area contributed by atoms with Crippen molar-refractivity contribution in [3.05, 3.63) is 0 Å². The largest absolute Gasteiger partial charge is 0.301 e. The summed E-state index contributed by atoms with van der Waals surface area (Å²) < 4.78 is 22.2. The van der Waals surface area contributed by atoms with E-state index in [4.69, 9.17) is 0 Å². The van der Waals surface area contributed by atoms with Crippen LogP contribution in [0.4, 0.5) is 0 Å². The van der Waals surface area contributed by atoms with E-state index in [1.165, 1.54) is 0 Å². The maximum Gasteiger partial charge on any atom is 0.152 e. The summed E-state index contributed by atoms with van der Waals surface area (Å²) in [6.07, 6.45) is 2.25. The van der Waals surface area contributed by atoms with E-state index in [0.29, 0.717) is 11.5 Å². The number of thiol groups is 1. The minimum absolute atomic E-state index is 0.341. The quantitative estimate of drug-likeness (QED) is 0.555. The number of sulfone groups is 1. The fourth-order valence-corrected chi connectivity index (χ4v) is 2.92. The molecule has 0 aliphatic carbocycles. The van der Waals surface area contributed by atoms with Crippen LogP contribution in [0.15, 0.2) is 0 Å². The van der Waals surface area contributed by atoms with Gasteiger partial charge in [-0.3, -0.25) is 0 Å². The average Bonchev–Trinajstić information content (AvgIpc) is 2.08. The van der Waals surface area contributed by atoms with Crippen LogP contribution in [0.25, 0.3) is 0 Å². The van der Waals surface area contributed by atoms with Crippen molar-refractivity contribution in [3.8, 4) is 0 Å². The standard InChI is InChI=1S/C8H17NO2S2/c10-13(11)7-4-9(5-8-13)3-1-2-6-12/h12H,1-8H2. The zero-order valence-electron chi connectivity index (χ0n) is 7.78. The summed E-state index contributed by atoms with van der Waals surface area (Å²) in [6.45, 7) is 2.46. The molecular formula is C8H17NO2S2. The first kappa shape index (κ1) is 11.3. The highest BCUT2D eigenvalue weighted by molar-refractivity contribution is 7.91. The number of hydrogen-bond donors (Lipinski definition) is 1. The van der Waals surface area contributed by atoms with Crippen LogP contribution in [-0.2, 0) is 9.84 Å². The summed E-state index contributed by atoms with van der Waals surface area (Å²) in [5.74, 6) is 1.61. The molecule has 78 valence electrons. The normalized spacial score (nSPS) is 23.2. The zero-order valence-corrected chi connectivity index (χ0v) is 9.49. The highest BCUT2D eigenvalue weighted by Gasteiger charge is 2.20. The van der Waals surface area contributed by atoms with Crippen molar-refractivity contribution in [2.24, 2.45) is 0 Å². The number of unbranched alkanes of at least 4 members (excludes halogenated alkanes) is 1. The van der Waals surface area contributed by atoms with Gasteiger partial charge in [0.25, 0.3) is 0 Å². The molecule has 1 fully saturated rings. The van der Waals surface area contributed by atoms with Crippen LogP contribution in [0.5, 0.6) is 0 Å². The van der Waals surface area contributed by atoms with Gasteiger partial charge in [-0.15, -0.1) is 0 Å². The second-order valence-electron chi connectivity index (χ2n) is 3.42. The lowest BCUT2D eigenvalue weighted by atomic mass is 10.3. The molecule has 0 radical (unpaired) electrons. The highest BCUT2D eigenvalue weighted by Crippen LogP contribution is 2.05. The van der Waals surface area contributed by atoms with E-state index in [1.54, 1.807) is 0 Å². The molecule has 1 aliphatic heterocycles. The molecular weight excluding hydrogens is 206 g/mol. The lowest BCUT2D eigenvalue weighted by Crippen LogP contribution is -2.40. The van der Waals surface area contributed by atoms with Crippen molar-refractivity contribution in [1.29, 1.82) is 0 Å². The van der Waals surface area contributed by atoms with E-state index in [1.807, 2.05) is 0 Å². The molecule has 0 N–H and O–H groups in total. The van der Waals surface area contributed by atoms with Gasteiger partial charge in [-0.2, -0.15) is 12.6 Å². The first-order chi connectivity index (χ1) is 6.14. The molecule has 0 saturated carbocycles. The molecule has 0 amide bonds. The number of hydrogen-bond acceptors (Lipinski definition) is 4. The fourth-order valence-electron chi connectivity index (χ4n) is 1.42. The van der Waals surface area contributed by atoms with Crippen LogP contribution in [0.1, 0.15) is 12.8 Å². The molecule has 1 rings (SSSR count). The summed E-state index contributed by atoms with van der Waals surface area (Å²) >= 11 is 4.13. The minimum Gasteiger partial charge on any atom is -0.301 e. The Balaban J connectivity index is 2.18. The van der Waals surface area contributed by atoms with Gasteiger partial charge in [0, 0.05) is 13.1 Å². The van der Waals surface area contributed by atoms with Gasteiger partial charge in [0.05, 0.1) is 11.5 Å². The molecule has 1 saturated heterocycles. The Kier molecular flexibility index (Phi) is 4.55. The van der Waals surface area contributed by atoms with Gasteiger partial charge in [-0.25, -0.2) is 8.42 Å². The molecule has 0 aromatic rings. The first-order valence-electron chi connectivity index (χ1n) is 4.68. The highest BCUT2D eigenvalue weighted by atomic mass is 32.2. The Labute approximate surface area is 85.8 Å². The molecule has 0 spiro atoms. The SMILES string of the molecule is O=S1(=O)CCN(CCCCS)CC1. The van der Waals surface area contributed by atoms with E-state index in [2.05, 4.69) is 17.5 Å². The smallest absolute Gasteiger partial charge is 0.152 e. The van der Waals surface area contributed by atoms with Gasteiger partial charge in [0.2, 0.25) is 0 Å². The third kappa shape index (κ3) is 4.33. The van der Waals surface area contributed by atoms with E-state index in [0.717, 1.165) is 38.2 Å². The van der Waals surface area contributed by atoms with E-state index >= 15 is 0 Å². The monoisotopic (exact) mass is 223 g/mol. The van der Waals surface area contributed by atoms with Crippen LogP contribution < -0.4 is 0 Å². The Hall–Kier alpha value is 0.260. The molecule has 0 aromatic carbocycles. The molecule has 0 bridgehead atoms. The number of rotatable bonds is 4. The maximum absolute atomic E-state index is 11.1. The minimum atomic E-state index is -2.70. The zero-order chi connectivity index (χ0) is 9.73. The predicted octanol–water partition coefficient (Wildman–Crippen LogP) is 0.427. The summed E-state index contributed by atoms with van der Waals surface area (Å²) in [5, 5.41) is 0. The Morgan fingerprint density at radius 2 is 1.77 bits per heavy atom. The van der Waals surface area contributed by atoms with Crippen molar-refractivity contribution < 1.29 is 8.42 Å². The Morgan fingerprint density at radius 1 is 1.15 bits per heavy atom. The van der Waals surface area contributed by atoms with Crippen LogP contribution in [0.3, 0.4) is 0 Å². The summed E-state index contributed by atoms with van der Waals surface area (Å²) in [4.78, 5) is 2.23. The van der Waals surface area contributed by atoms with Crippen LogP contribution in [0.2, 0.25) is 0 Å². The molecule has 0 unspecified atom stereocenters. The van der Waals surface area contributed by atoms with Gasteiger partial charge in [-0.1, -0.05) is 0 Å². The van der Waals surface area contributed by atoms with Crippen molar-refractivity contribution in [3.63, 3.8) is 0 Å². The molecule has 3 nitrogen and oxygen atoms in total. The van der Waals surface area contributed by atoms with Crippen molar-refractivity contribution >= 4 is 22.5 Å². The van der Waals surface area contributed by atoms with E-state index in [-0.39, 0.29) is 0 Å². The van der Waals surface area contributed by atoms with Crippen LogP contribution >= 0.6 is 12.6 Å². The molecule has 0 atom stereocenters. The molecule has 5 heteroatoms. The summed E-state index contributed by atoms with van der Waals surface area (Å²) in [6, 6.07) is 0.